The number of hydrogen-bond donors (Lipinski definition) is 1. The van der Waals surface area contributed by atoms with Gasteiger partial charge in [-0.15, -0.1) is 0 Å². The molecule has 0 radical (unpaired) electrons. The highest BCUT2D eigenvalue weighted by Gasteiger charge is 2.10. The standard InChI is InChI=1S/C13H10ClN3O4/c14-13-6-5-12(17(20)21)7-9(13)8-15-10-1-3-11(4-2-10)16(18)19/h1-7,15H,8H2. The highest BCUT2D eigenvalue weighted by Crippen LogP contribution is 2.23. The van der Waals surface area contributed by atoms with Gasteiger partial charge in [0.15, 0.2) is 0 Å². The zero-order chi connectivity index (χ0) is 15.4. The number of nitro benzene ring substituents is 2. The van der Waals surface area contributed by atoms with Gasteiger partial charge >= 0.3 is 0 Å². The fourth-order valence-corrected chi connectivity index (χ4v) is 1.89. The topological polar surface area (TPSA) is 98.3 Å². The van der Waals surface area contributed by atoms with Crippen LogP contribution in [0.4, 0.5) is 17.1 Å². The molecule has 21 heavy (non-hydrogen) atoms. The van der Waals surface area contributed by atoms with Crippen molar-refractivity contribution in [3.63, 3.8) is 0 Å². The Bertz CT molecular complexity index is 688. The van der Waals surface area contributed by atoms with Crippen molar-refractivity contribution in [2.24, 2.45) is 0 Å². The van der Waals surface area contributed by atoms with E-state index in [0.717, 1.165) is 0 Å². The van der Waals surface area contributed by atoms with Crippen LogP contribution in [0, 0.1) is 20.2 Å². The Morgan fingerprint density at radius 1 is 0.952 bits per heavy atom. The fraction of sp³-hybridized carbons (Fsp3) is 0.0769. The van der Waals surface area contributed by atoms with E-state index >= 15 is 0 Å². The first-order chi connectivity index (χ1) is 9.97. The summed E-state index contributed by atoms with van der Waals surface area (Å²) in [4.78, 5) is 20.3. The van der Waals surface area contributed by atoms with E-state index in [4.69, 9.17) is 11.6 Å². The second-order valence-corrected chi connectivity index (χ2v) is 4.60. The summed E-state index contributed by atoms with van der Waals surface area (Å²) in [6.07, 6.45) is 0. The maximum absolute atomic E-state index is 10.7. The lowest BCUT2D eigenvalue weighted by atomic mass is 10.2. The van der Waals surface area contributed by atoms with E-state index in [1.165, 1.54) is 30.3 Å². The molecule has 0 fully saturated rings. The van der Waals surface area contributed by atoms with Gasteiger partial charge < -0.3 is 5.32 Å². The maximum atomic E-state index is 10.7. The molecule has 0 aliphatic rings. The van der Waals surface area contributed by atoms with E-state index in [-0.39, 0.29) is 17.9 Å². The van der Waals surface area contributed by atoms with Crippen molar-refractivity contribution in [2.75, 3.05) is 5.32 Å². The number of nitrogens with zero attached hydrogens (tertiary/aromatic N) is 2. The molecule has 0 amide bonds. The van der Waals surface area contributed by atoms with Gasteiger partial charge in [0.25, 0.3) is 11.4 Å². The van der Waals surface area contributed by atoms with E-state index in [2.05, 4.69) is 5.32 Å². The normalized spacial score (nSPS) is 10.1. The molecule has 0 unspecified atom stereocenters. The molecule has 2 aromatic carbocycles. The summed E-state index contributed by atoms with van der Waals surface area (Å²) in [6, 6.07) is 10.0. The molecule has 0 aliphatic carbocycles. The van der Waals surface area contributed by atoms with E-state index in [1.807, 2.05) is 0 Å². The van der Waals surface area contributed by atoms with Crippen molar-refractivity contribution in [2.45, 2.75) is 6.54 Å². The van der Waals surface area contributed by atoms with Crippen molar-refractivity contribution < 1.29 is 9.85 Å². The average Bonchev–Trinajstić information content (AvgIpc) is 2.46. The Labute approximate surface area is 124 Å². The third kappa shape index (κ3) is 3.67. The maximum Gasteiger partial charge on any atom is 0.269 e. The number of nitrogens with one attached hydrogen (secondary N) is 1. The number of benzene rings is 2. The van der Waals surface area contributed by atoms with Crippen LogP contribution in [0.3, 0.4) is 0 Å². The molecule has 1 N–H and O–H groups in total. The van der Waals surface area contributed by atoms with Crippen molar-refractivity contribution >= 4 is 28.7 Å². The molecule has 0 aliphatic heterocycles. The van der Waals surface area contributed by atoms with Crippen molar-refractivity contribution in [1.82, 2.24) is 0 Å². The zero-order valence-corrected chi connectivity index (χ0v) is 11.4. The molecule has 0 saturated heterocycles. The monoisotopic (exact) mass is 307 g/mol. The molecular formula is C13H10ClN3O4. The van der Waals surface area contributed by atoms with Gasteiger partial charge in [-0.3, -0.25) is 20.2 Å². The fourth-order valence-electron chi connectivity index (χ4n) is 1.71. The van der Waals surface area contributed by atoms with Crippen LogP contribution in [-0.2, 0) is 6.54 Å². The molecule has 2 aromatic rings. The smallest absolute Gasteiger partial charge is 0.269 e. The molecule has 0 saturated carbocycles. The number of non-ortho nitro benzene ring substituents is 2. The second-order valence-electron chi connectivity index (χ2n) is 4.19. The Hall–Kier alpha value is -2.67. The lowest BCUT2D eigenvalue weighted by Gasteiger charge is -2.08. The van der Waals surface area contributed by atoms with Crippen LogP contribution in [-0.4, -0.2) is 9.85 Å². The van der Waals surface area contributed by atoms with Crippen LogP contribution >= 0.6 is 11.6 Å². The van der Waals surface area contributed by atoms with Gasteiger partial charge in [0.1, 0.15) is 0 Å². The van der Waals surface area contributed by atoms with Gasteiger partial charge in [-0.05, 0) is 23.8 Å². The second kappa shape index (κ2) is 6.19. The number of anilines is 1. The molecular weight excluding hydrogens is 298 g/mol. The van der Waals surface area contributed by atoms with Gasteiger partial charge in [-0.2, -0.15) is 0 Å². The van der Waals surface area contributed by atoms with Crippen molar-refractivity contribution in [3.05, 3.63) is 73.3 Å². The summed E-state index contributed by atoms with van der Waals surface area (Å²) in [5, 5.41) is 24.7. The highest BCUT2D eigenvalue weighted by atomic mass is 35.5. The lowest BCUT2D eigenvalue weighted by molar-refractivity contribution is -0.385. The van der Waals surface area contributed by atoms with Crippen LogP contribution in [0.15, 0.2) is 42.5 Å². The van der Waals surface area contributed by atoms with E-state index in [9.17, 15) is 20.2 Å². The molecule has 7 nitrogen and oxygen atoms in total. The number of halogens is 1. The van der Waals surface area contributed by atoms with Crippen molar-refractivity contribution in [3.8, 4) is 0 Å². The minimum absolute atomic E-state index is 0.00562. The summed E-state index contributed by atoms with van der Waals surface area (Å²) in [5.74, 6) is 0. The van der Waals surface area contributed by atoms with Crippen LogP contribution < -0.4 is 5.32 Å². The molecule has 0 heterocycles. The molecule has 0 spiro atoms. The van der Waals surface area contributed by atoms with Crippen LogP contribution in [0.25, 0.3) is 0 Å². The van der Waals surface area contributed by atoms with E-state index < -0.39 is 9.85 Å². The molecule has 0 aromatic heterocycles. The SMILES string of the molecule is O=[N+]([O-])c1ccc(NCc2cc([N+](=O)[O-])ccc2Cl)cc1. The summed E-state index contributed by atoms with van der Waals surface area (Å²) < 4.78 is 0. The average molecular weight is 308 g/mol. The zero-order valence-electron chi connectivity index (χ0n) is 10.7. The minimum Gasteiger partial charge on any atom is -0.381 e. The van der Waals surface area contributed by atoms with Gasteiger partial charge in [0.2, 0.25) is 0 Å². The molecule has 2 rings (SSSR count). The summed E-state index contributed by atoms with van der Waals surface area (Å²) in [6.45, 7) is 0.276. The highest BCUT2D eigenvalue weighted by molar-refractivity contribution is 6.31. The van der Waals surface area contributed by atoms with Crippen LogP contribution in [0.1, 0.15) is 5.56 Å². The minimum atomic E-state index is -0.494. The van der Waals surface area contributed by atoms with Gasteiger partial charge in [0.05, 0.1) is 9.85 Å². The van der Waals surface area contributed by atoms with E-state index in [0.29, 0.717) is 16.3 Å². The predicted molar refractivity (Wildman–Crippen MR) is 78.5 cm³/mol. The van der Waals surface area contributed by atoms with Gasteiger partial charge in [0, 0.05) is 41.5 Å². The first-order valence-electron chi connectivity index (χ1n) is 5.88. The number of hydrogen-bond acceptors (Lipinski definition) is 5. The molecule has 0 atom stereocenters. The third-order valence-corrected chi connectivity index (χ3v) is 3.17. The van der Waals surface area contributed by atoms with E-state index in [1.54, 1.807) is 12.1 Å². The summed E-state index contributed by atoms with van der Waals surface area (Å²) >= 11 is 5.98. The Morgan fingerprint density at radius 2 is 1.52 bits per heavy atom. The predicted octanol–water partition coefficient (Wildman–Crippen LogP) is 3.77. The first kappa shape index (κ1) is 14.7. The third-order valence-electron chi connectivity index (χ3n) is 2.80. The molecule has 108 valence electrons. The number of rotatable bonds is 5. The van der Waals surface area contributed by atoms with Crippen molar-refractivity contribution in [1.29, 1.82) is 0 Å². The Kier molecular flexibility index (Phi) is 4.34. The lowest BCUT2D eigenvalue weighted by Crippen LogP contribution is -2.01. The molecule has 8 heteroatoms. The van der Waals surface area contributed by atoms with Gasteiger partial charge in [-0.25, -0.2) is 0 Å². The Balaban J connectivity index is 2.10. The quantitative estimate of drug-likeness (QED) is 0.669. The Morgan fingerprint density at radius 3 is 2.10 bits per heavy atom. The van der Waals surface area contributed by atoms with Gasteiger partial charge in [-0.1, -0.05) is 11.6 Å². The van der Waals surface area contributed by atoms with Crippen LogP contribution in [0.2, 0.25) is 5.02 Å². The number of nitro groups is 2. The first-order valence-corrected chi connectivity index (χ1v) is 6.26. The summed E-state index contributed by atoms with van der Waals surface area (Å²) in [5.41, 5.74) is 1.18. The largest absolute Gasteiger partial charge is 0.381 e. The molecule has 0 bridgehead atoms. The summed E-state index contributed by atoms with van der Waals surface area (Å²) in [7, 11) is 0. The van der Waals surface area contributed by atoms with Crippen LogP contribution in [0.5, 0.6) is 0 Å².